The lowest BCUT2D eigenvalue weighted by atomic mass is 10.1. The summed E-state index contributed by atoms with van der Waals surface area (Å²) in [6, 6.07) is 2.32. The Bertz CT molecular complexity index is 545. The van der Waals surface area contributed by atoms with Gasteiger partial charge in [-0.2, -0.15) is 4.31 Å². The van der Waals surface area contributed by atoms with Crippen LogP contribution in [0.25, 0.3) is 0 Å². The molecule has 0 radical (unpaired) electrons. The average Bonchev–Trinajstić information content (AvgIpc) is 2.32. The highest BCUT2D eigenvalue weighted by Gasteiger charge is 2.33. The second-order valence-electron chi connectivity index (χ2n) is 4.54. The summed E-state index contributed by atoms with van der Waals surface area (Å²) in [6.45, 7) is 2.15. The van der Waals surface area contributed by atoms with E-state index in [0.717, 1.165) is 37.5 Å². The van der Waals surface area contributed by atoms with E-state index < -0.39 is 26.6 Å². The van der Waals surface area contributed by atoms with Crippen molar-refractivity contribution in [2.24, 2.45) is 0 Å². The summed E-state index contributed by atoms with van der Waals surface area (Å²) in [5, 5.41) is 0. The zero-order valence-electron chi connectivity index (χ0n) is 10.1. The highest BCUT2D eigenvalue weighted by Crippen LogP contribution is 2.26. The van der Waals surface area contributed by atoms with Gasteiger partial charge in [-0.15, -0.1) is 0 Å². The Balaban J connectivity index is 2.44. The van der Waals surface area contributed by atoms with Gasteiger partial charge in [0.05, 0.1) is 0 Å². The van der Waals surface area contributed by atoms with Gasteiger partial charge >= 0.3 is 0 Å². The molecule has 6 heteroatoms. The maximum Gasteiger partial charge on any atom is 0.246 e. The van der Waals surface area contributed by atoms with Gasteiger partial charge in [-0.05, 0) is 38.0 Å². The first kappa shape index (κ1) is 13.4. The smallest absolute Gasteiger partial charge is 0.207 e. The number of piperidine rings is 1. The Morgan fingerprint density at radius 3 is 2.67 bits per heavy atom. The molecule has 3 nitrogen and oxygen atoms in total. The van der Waals surface area contributed by atoms with Gasteiger partial charge in [0.25, 0.3) is 0 Å². The predicted molar refractivity (Wildman–Crippen MR) is 63.6 cm³/mol. The molecule has 100 valence electrons. The maximum atomic E-state index is 13.6. The number of hydrogen-bond acceptors (Lipinski definition) is 2. The SMILES string of the molecule is C[C@H]1CCCCN1S(=O)(=O)c1cc(F)ccc1F. The molecule has 0 spiro atoms. The first-order valence-electron chi connectivity index (χ1n) is 5.90. The van der Waals surface area contributed by atoms with Crippen LogP contribution in [0.5, 0.6) is 0 Å². The summed E-state index contributed by atoms with van der Waals surface area (Å²) in [6.07, 6.45) is 2.45. The van der Waals surface area contributed by atoms with E-state index in [1.807, 2.05) is 0 Å². The second-order valence-corrected chi connectivity index (χ2v) is 6.39. The zero-order valence-corrected chi connectivity index (χ0v) is 10.9. The minimum Gasteiger partial charge on any atom is -0.207 e. The average molecular weight is 275 g/mol. The zero-order chi connectivity index (χ0) is 13.3. The van der Waals surface area contributed by atoms with E-state index in [9.17, 15) is 17.2 Å². The van der Waals surface area contributed by atoms with Crippen LogP contribution >= 0.6 is 0 Å². The van der Waals surface area contributed by atoms with Crippen LogP contribution in [-0.4, -0.2) is 25.3 Å². The van der Waals surface area contributed by atoms with Gasteiger partial charge < -0.3 is 0 Å². The van der Waals surface area contributed by atoms with E-state index in [1.165, 1.54) is 4.31 Å². The lowest BCUT2D eigenvalue weighted by Crippen LogP contribution is -2.42. The quantitative estimate of drug-likeness (QED) is 0.831. The summed E-state index contributed by atoms with van der Waals surface area (Å²) >= 11 is 0. The van der Waals surface area contributed by atoms with Crippen LogP contribution in [0.1, 0.15) is 26.2 Å². The molecule has 0 saturated carbocycles. The molecule has 1 aliphatic heterocycles. The van der Waals surface area contributed by atoms with Crippen LogP contribution in [0.15, 0.2) is 23.1 Å². The van der Waals surface area contributed by atoms with E-state index >= 15 is 0 Å². The Morgan fingerprint density at radius 1 is 1.28 bits per heavy atom. The minimum atomic E-state index is -3.95. The van der Waals surface area contributed by atoms with Crippen molar-refractivity contribution in [1.29, 1.82) is 0 Å². The van der Waals surface area contributed by atoms with Gasteiger partial charge in [0.15, 0.2) is 0 Å². The molecule has 1 fully saturated rings. The van der Waals surface area contributed by atoms with E-state index in [1.54, 1.807) is 6.92 Å². The van der Waals surface area contributed by atoms with Gasteiger partial charge in [0, 0.05) is 12.6 Å². The highest BCUT2D eigenvalue weighted by molar-refractivity contribution is 7.89. The van der Waals surface area contributed by atoms with Crippen LogP contribution in [-0.2, 0) is 10.0 Å². The number of halogens is 2. The summed E-state index contributed by atoms with van der Waals surface area (Å²) in [4.78, 5) is -0.573. The van der Waals surface area contributed by atoms with Crippen LogP contribution in [0, 0.1) is 11.6 Å². The second kappa shape index (κ2) is 4.93. The summed E-state index contributed by atoms with van der Waals surface area (Å²) in [5.41, 5.74) is 0. The molecule has 0 aromatic heterocycles. The number of nitrogens with zero attached hydrogens (tertiary/aromatic N) is 1. The van der Waals surface area contributed by atoms with Crippen LogP contribution < -0.4 is 0 Å². The topological polar surface area (TPSA) is 37.4 Å². The molecular weight excluding hydrogens is 260 g/mol. The normalized spacial score (nSPS) is 22.1. The molecule has 1 saturated heterocycles. The van der Waals surface area contributed by atoms with Crippen LogP contribution in [0.4, 0.5) is 8.78 Å². The molecule has 0 bridgehead atoms. The lowest BCUT2D eigenvalue weighted by Gasteiger charge is -2.32. The molecule has 2 rings (SSSR count). The predicted octanol–water partition coefficient (Wildman–Crippen LogP) is 2.53. The van der Waals surface area contributed by atoms with Gasteiger partial charge in [-0.1, -0.05) is 6.42 Å². The van der Waals surface area contributed by atoms with E-state index in [2.05, 4.69) is 0 Å². The van der Waals surface area contributed by atoms with Crippen molar-refractivity contribution in [3.63, 3.8) is 0 Å². The lowest BCUT2D eigenvalue weighted by molar-refractivity contribution is 0.267. The maximum absolute atomic E-state index is 13.6. The van der Waals surface area contributed by atoms with Crippen molar-refractivity contribution >= 4 is 10.0 Å². The largest absolute Gasteiger partial charge is 0.246 e. The van der Waals surface area contributed by atoms with Crippen molar-refractivity contribution in [2.45, 2.75) is 37.1 Å². The van der Waals surface area contributed by atoms with E-state index in [4.69, 9.17) is 0 Å². The van der Waals surface area contributed by atoms with Crippen LogP contribution in [0.3, 0.4) is 0 Å². The Kier molecular flexibility index (Phi) is 3.68. The molecule has 0 amide bonds. The number of hydrogen-bond donors (Lipinski definition) is 0. The fraction of sp³-hybridized carbons (Fsp3) is 0.500. The molecule has 18 heavy (non-hydrogen) atoms. The molecule has 1 aliphatic rings. The molecular formula is C12H15F2NO2S. The Labute approximate surface area is 105 Å². The molecule has 1 heterocycles. The number of benzene rings is 1. The third-order valence-electron chi connectivity index (χ3n) is 3.22. The Hall–Kier alpha value is -1.01. The molecule has 0 unspecified atom stereocenters. The molecule has 1 aromatic carbocycles. The molecule has 1 atom stereocenters. The third kappa shape index (κ3) is 2.40. The minimum absolute atomic E-state index is 0.175. The first-order valence-corrected chi connectivity index (χ1v) is 7.34. The van der Waals surface area contributed by atoms with Crippen LogP contribution in [0.2, 0.25) is 0 Å². The highest BCUT2D eigenvalue weighted by atomic mass is 32.2. The van der Waals surface area contributed by atoms with Crippen molar-refractivity contribution in [3.8, 4) is 0 Å². The fourth-order valence-electron chi connectivity index (χ4n) is 2.23. The van der Waals surface area contributed by atoms with Gasteiger partial charge in [0.1, 0.15) is 16.5 Å². The first-order chi connectivity index (χ1) is 8.43. The third-order valence-corrected chi connectivity index (χ3v) is 5.25. The van der Waals surface area contributed by atoms with E-state index in [0.29, 0.717) is 6.54 Å². The Morgan fingerprint density at radius 2 is 2.00 bits per heavy atom. The molecule has 0 aliphatic carbocycles. The monoisotopic (exact) mass is 275 g/mol. The van der Waals surface area contributed by atoms with Gasteiger partial charge in [-0.25, -0.2) is 17.2 Å². The summed E-state index contributed by atoms with van der Waals surface area (Å²) < 4.78 is 52.5. The van der Waals surface area contributed by atoms with E-state index in [-0.39, 0.29) is 6.04 Å². The fourth-order valence-corrected chi connectivity index (χ4v) is 4.01. The van der Waals surface area contributed by atoms with Crippen molar-refractivity contribution in [1.82, 2.24) is 4.31 Å². The molecule has 1 aromatic rings. The summed E-state index contributed by atoms with van der Waals surface area (Å²) in [5.74, 6) is -1.66. The van der Waals surface area contributed by atoms with Crippen molar-refractivity contribution < 1.29 is 17.2 Å². The number of rotatable bonds is 2. The van der Waals surface area contributed by atoms with Gasteiger partial charge in [-0.3, -0.25) is 0 Å². The number of sulfonamides is 1. The standard InChI is InChI=1S/C12H15F2NO2S/c1-9-4-2-3-7-15(9)18(16,17)12-8-10(13)5-6-11(12)14/h5-6,8-9H,2-4,7H2,1H3/t9-/m0/s1. The summed E-state index contributed by atoms with van der Waals surface area (Å²) in [7, 11) is -3.95. The van der Waals surface area contributed by atoms with Crippen molar-refractivity contribution in [3.05, 3.63) is 29.8 Å². The van der Waals surface area contributed by atoms with Gasteiger partial charge in [0.2, 0.25) is 10.0 Å². The molecule has 0 N–H and O–H groups in total. The van der Waals surface area contributed by atoms with Crippen molar-refractivity contribution in [2.75, 3.05) is 6.54 Å².